The van der Waals surface area contributed by atoms with Gasteiger partial charge in [0.1, 0.15) is 0 Å². The summed E-state index contributed by atoms with van der Waals surface area (Å²) in [6.07, 6.45) is 0.392. The average Bonchev–Trinajstić information content (AvgIpc) is 2.05. The highest BCUT2D eigenvalue weighted by Crippen LogP contribution is 1.95. The summed E-state index contributed by atoms with van der Waals surface area (Å²) < 4.78 is 0. The molecule has 0 aromatic rings. The predicted octanol–water partition coefficient (Wildman–Crippen LogP) is -0.488. The van der Waals surface area contributed by atoms with Crippen LogP contribution in [0, 0.1) is 0 Å². The van der Waals surface area contributed by atoms with E-state index in [2.05, 4.69) is 26.2 Å². The number of rotatable bonds is 2. The van der Waals surface area contributed by atoms with Gasteiger partial charge in [-0.05, 0) is 0 Å². The Kier molecular flexibility index (Phi) is 2.30. The third kappa shape index (κ3) is 1.49. The minimum atomic E-state index is -0.379. The predicted molar refractivity (Wildman–Crippen MR) is 36.8 cm³/mol. The van der Waals surface area contributed by atoms with Gasteiger partial charge < -0.3 is 0 Å². The van der Waals surface area contributed by atoms with Crippen LogP contribution in [0.1, 0.15) is 13.3 Å². The van der Waals surface area contributed by atoms with Crippen molar-refractivity contribution in [2.45, 2.75) is 19.6 Å². The van der Waals surface area contributed by atoms with Gasteiger partial charge in [-0.25, -0.2) is 5.43 Å². The number of azo groups is 1. The van der Waals surface area contributed by atoms with Crippen molar-refractivity contribution in [2.75, 3.05) is 0 Å². The molecule has 10 heavy (non-hydrogen) atoms. The standard InChI is InChI=1S/C4H10N6/c1-2-3-7-9-4(6-5)10-8-3/h4,6,9H,2,5H2,1H3/i5+1,6+1. The highest BCUT2D eigenvalue weighted by atomic mass is 16.2. The van der Waals surface area contributed by atoms with Crippen LogP contribution in [0.3, 0.4) is 0 Å². The molecule has 4 N–H and O–H groups in total. The SMILES string of the molecule is CCC1=NNC([15NH][15NH2])N=N1. The molecule has 0 amide bonds. The minimum absolute atomic E-state index is 0.379. The third-order valence-electron chi connectivity index (χ3n) is 1.08. The molecule has 6 heteroatoms. The summed E-state index contributed by atoms with van der Waals surface area (Å²) in [6.45, 7) is 1.95. The lowest BCUT2D eigenvalue weighted by molar-refractivity contribution is 0.434. The Balaban J connectivity index is 2.46. The second kappa shape index (κ2) is 3.23. The monoisotopic (exact) mass is 144 g/mol. The molecule has 0 saturated heterocycles. The van der Waals surface area contributed by atoms with E-state index in [1.165, 1.54) is 0 Å². The van der Waals surface area contributed by atoms with Gasteiger partial charge in [0.25, 0.3) is 0 Å². The zero-order chi connectivity index (χ0) is 7.40. The van der Waals surface area contributed by atoms with Crippen molar-refractivity contribution in [1.29, 1.82) is 0 Å². The molecule has 0 aromatic heterocycles. The van der Waals surface area contributed by atoms with Crippen LogP contribution in [0.25, 0.3) is 0 Å². The van der Waals surface area contributed by atoms with Crippen molar-refractivity contribution in [3.05, 3.63) is 0 Å². The molecule has 0 aliphatic carbocycles. The van der Waals surface area contributed by atoms with E-state index in [9.17, 15) is 0 Å². The molecule has 0 saturated carbocycles. The molecule has 0 spiro atoms. The lowest BCUT2D eigenvalue weighted by Gasteiger charge is -2.12. The summed E-state index contributed by atoms with van der Waals surface area (Å²) in [5, 5.41) is 11.4. The van der Waals surface area contributed by atoms with Crippen molar-refractivity contribution >= 4 is 5.84 Å². The molecule has 0 aromatic carbocycles. The minimum Gasteiger partial charge on any atom is -0.268 e. The maximum Gasteiger partial charge on any atom is 0.220 e. The summed E-state index contributed by atoms with van der Waals surface area (Å²) in [5.74, 6) is 5.74. The molecular weight excluding hydrogens is 134 g/mol. The highest BCUT2D eigenvalue weighted by molar-refractivity contribution is 5.82. The number of amidine groups is 1. The van der Waals surface area contributed by atoms with Crippen molar-refractivity contribution in [3.8, 4) is 0 Å². The molecule has 1 heterocycles. The molecule has 1 aliphatic heterocycles. The fourth-order valence-electron chi connectivity index (χ4n) is 0.529. The molecule has 0 radical (unpaired) electrons. The molecule has 1 aliphatic rings. The first-order chi connectivity index (χ1) is 4.86. The molecule has 0 bridgehead atoms. The highest BCUT2D eigenvalue weighted by Gasteiger charge is 2.06. The van der Waals surface area contributed by atoms with Crippen LogP contribution in [0.2, 0.25) is 0 Å². The lowest BCUT2D eigenvalue weighted by atomic mass is 10.5. The zero-order valence-corrected chi connectivity index (χ0v) is 5.70. The Bertz CT molecular complexity index is 161. The lowest BCUT2D eigenvalue weighted by Crippen LogP contribution is -2.43. The summed E-state index contributed by atoms with van der Waals surface area (Å²) in [6, 6.07) is 0. The maximum atomic E-state index is 5.05. The largest absolute Gasteiger partial charge is 0.268 e. The number of hydrogen-bond donors (Lipinski definition) is 3. The van der Waals surface area contributed by atoms with E-state index in [4.69, 9.17) is 5.84 Å². The number of nitrogens with two attached hydrogens (primary N) is 1. The van der Waals surface area contributed by atoms with Gasteiger partial charge in [-0.1, -0.05) is 6.92 Å². The fourth-order valence-corrected chi connectivity index (χ4v) is 0.529. The van der Waals surface area contributed by atoms with E-state index in [1.54, 1.807) is 0 Å². The molecule has 56 valence electrons. The van der Waals surface area contributed by atoms with Gasteiger partial charge in [0.15, 0.2) is 5.84 Å². The first-order valence-corrected chi connectivity index (χ1v) is 3.06. The van der Waals surface area contributed by atoms with E-state index in [-0.39, 0.29) is 6.29 Å². The number of hydrazine groups is 1. The molecule has 1 unspecified atom stereocenters. The summed E-state index contributed by atoms with van der Waals surface area (Å²) in [4.78, 5) is 0. The first kappa shape index (κ1) is 7.10. The van der Waals surface area contributed by atoms with Gasteiger partial charge >= 0.3 is 0 Å². The van der Waals surface area contributed by atoms with Crippen LogP contribution in [-0.2, 0) is 0 Å². The van der Waals surface area contributed by atoms with Crippen LogP contribution in [0.4, 0.5) is 0 Å². The van der Waals surface area contributed by atoms with Gasteiger partial charge in [0, 0.05) is 6.42 Å². The fraction of sp³-hybridized carbons (Fsp3) is 0.750. The van der Waals surface area contributed by atoms with Crippen LogP contribution in [0.15, 0.2) is 15.3 Å². The van der Waals surface area contributed by atoms with Crippen molar-refractivity contribution in [2.24, 2.45) is 21.2 Å². The van der Waals surface area contributed by atoms with Crippen LogP contribution < -0.4 is 16.7 Å². The van der Waals surface area contributed by atoms with Crippen molar-refractivity contribution in [3.63, 3.8) is 0 Å². The molecule has 1 atom stereocenters. The number of nitrogens with one attached hydrogen (secondary N) is 2. The van der Waals surface area contributed by atoms with Gasteiger partial charge in [0.2, 0.25) is 6.29 Å². The zero-order valence-electron chi connectivity index (χ0n) is 5.70. The Morgan fingerprint density at radius 3 is 3.00 bits per heavy atom. The summed E-state index contributed by atoms with van der Waals surface area (Å²) in [7, 11) is 0. The smallest absolute Gasteiger partial charge is 0.220 e. The normalized spacial score (nSPS) is 23.8. The average molecular weight is 144 g/mol. The maximum absolute atomic E-state index is 5.05. The van der Waals surface area contributed by atoms with E-state index in [0.29, 0.717) is 5.84 Å². The Morgan fingerprint density at radius 1 is 1.80 bits per heavy atom. The van der Waals surface area contributed by atoms with Crippen LogP contribution in [0.5, 0.6) is 0 Å². The van der Waals surface area contributed by atoms with Gasteiger partial charge in [-0.2, -0.15) is 5.10 Å². The molecule has 6 nitrogen and oxygen atoms in total. The number of hydrazone groups is 1. The van der Waals surface area contributed by atoms with Gasteiger partial charge in [-0.15, -0.1) is 10.2 Å². The quantitative estimate of drug-likeness (QED) is 0.277. The molecule has 1 rings (SSSR count). The molecule has 0 fully saturated rings. The first-order valence-electron chi connectivity index (χ1n) is 3.06. The van der Waals surface area contributed by atoms with Crippen LogP contribution in [-0.4, -0.2) is 12.1 Å². The van der Waals surface area contributed by atoms with Crippen molar-refractivity contribution in [1.82, 2.24) is 10.9 Å². The van der Waals surface area contributed by atoms with Crippen molar-refractivity contribution < 1.29 is 0 Å². The Labute approximate surface area is 58.6 Å². The molecular formula is C4H10N6. The van der Waals surface area contributed by atoms with Gasteiger partial charge in [-0.3, -0.25) is 11.3 Å². The second-order valence-electron chi connectivity index (χ2n) is 1.80. The third-order valence-corrected chi connectivity index (χ3v) is 1.08. The topological polar surface area (TPSA) is 87.2 Å². The van der Waals surface area contributed by atoms with E-state index < -0.39 is 0 Å². The van der Waals surface area contributed by atoms with E-state index in [0.717, 1.165) is 6.42 Å². The summed E-state index contributed by atoms with van der Waals surface area (Å²) >= 11 is 0. The number of nitrogens with zero attached hydrogens (tertiary/aromatic N) is 3. The number of hydrogen-bond acceptors (Lipinski definition) is 6. The van der Waals surface area contributed by atoms with Crippen LogP contribution >= 0.6 is 0 Å². The Hall–Kier alpha value is -1.01. The van der Waals surface area contributed by atoms with E-state index in [1.807, 2.05) is 6.92 Å². The van der Waals surface area contributed by atoms with E-state index >= 15 is 0 Å². The van der Waals surface area contributed by atoms with Gasteiger partial charge in [0.05, 0.1) is 0 Å². The summed E-state index contributed by atoms with van der Waals surface area (Å²) in [5.41, 5.74) is 5.03. The second-order valence-corrected chi connectivity index (χ2v) is 1.80. The Morgan fingerprint density at radius 2 is 2.60 bits per heavy atom.